The first-order valence-corrected chi connectivity index (χ1v) is 6.92. The van der Waals surface area contributed by atoms with Crippen LogP contribution in [-0.4, -0.2) is 60.3 Å². The molecule has 1 rings (SSSR count). The van der Waals surface area contributed by atoms with Crippen LogP contribution >= 0.6 is 0 Å². The van der Waals surface area contributed by atoms with Crippen molar-refractivity contribution in [1.29, 1.82) is 0 Å². The average molecular weight is 289 g/mol. The summed E-state index contributed by atoms with van der Waals surface area (Å²) in [6.45, 7) is -1.11. The second kappa shape index (κ2) is 6.62. The second-order valence-electron chi connectivity index (χ2n) is 3.68. The number of carbonyl (C=O) groups is 1. The van der Waals surface area contributed by atoms with E-state index in [2.05, 4.69) is 0 Å². The van der Waals surface area contributed by atoms with Gasteiger partial charge >= 0.3 is 5.97 Å². The number of aliphatic hydroxyl groups is 2. The van der Waals surface area contributed by atoms with Gasteiger partial charge in [-0.3, -0.25) is 0 Å². The van der Waals surface area contributed by atoms with Gasteiger partial charge in [-0.15, -0.1) is 0 Å². The largest absolute Gasteiger partial charge is 0.478 e. The summed E-state index contributed by atoms with van der Waals surface area (Å²) in [7, 11) is -3.93. The van der Waals surface area contributed by atoms with Gasteiger partial charge in [0.2, 0.25) is 10.0 Å². The fourth-order valence-corrected chi connectivity index (χ4v) is 2.98. The number of nitrogens with zero attached hydrogens (tertiary/aromatic N) is 1. The fourth-order valence-electron chi connectivity index (χ4n) is 1.51. The summed E-state index contributed by atoms with van der Waals surface area (Å²) in [5.74, 6) is -1.23. The molecule has 0 aromatic heterocycles. The highest BCUT2D eigenvalue weighted by Gasteiger charge is 2.24. The van der Waals surface area contributed by atoms with Crippen LogP contribution in [0.3, 0.4) is 0 Å². The Hall–Kier alpha value is -1.48. The Morgan fingerprint density at radius 2 is 1.74 bits per heavy atom. The summed E-state index contributed by atoms with van der Waals surface area (Å²) in [5, 5.41) is 26.5. The standard InChI is InChI=1S/C11H15NO6S/c13-6-4-12(5-7-14)19(17,18)10-3-1-2-9(8-10)11(15)16/h1-3,8,13-14H,4-7H2,(H,15,16). The number of hydrogen-bond donors (Lipinski definition) is 3. The van der Waals surface area contributed by atoms with Gasteiger partial charge in [-0.2, -0.15) is 4.31 Å². The predicted molar refractivity (Wildman–Crippen MR) is 66.3 cm³/mol. The van der Waals surface area contributed by atoms with Crippen LogP contribution in [0, 0.1) is 0 Å². The molecule has 0 fully saturated rings. The van der Waals surface area contributed by atoms with Gasteiger partial charge in [0.1, 0.15) is 0 Å². The minimum Gasteiger partial charge on any atom is -0.478 e. The van der Waals surface area contributed by atoms with E-state index in [-0.39, 0.29) is 23.5 Å². The summed E-state index contributed by atoms with van der Waals surface area (Å²) in [5.41, 5.74) is -0.144. The number of rotatable bonds is 7. The third-order valence-corrected chi connectivity index (χ3v) is 4.31. The Bertz CT molecular complexity index is 536. The zero-order valence-corrected chi connectivity index (χ0v) is 10.9. The molecule has 3 N–H and O–H groups in total. The number of aromatic carboxylic acids is 1. The van der Waals surface area contributed by atoms with Crippen molar-refractivity contribution >= 4 is 16.0 Å². The molecule has 0 heterocycles. The van der Waals surface area contributed by atoms with Gasteiger partial charge in [-0.1, -0.05) is 6.07 Å². The summed E-state index contributed by atoms with van der Waals surface area (Å²) in [6, 6.07) is 4.92. The summed E-state index contributed by atoms with van der Waals surface area (Å²) >= 11 is 0. The molecule has 106 valence electrons. The lowest BCUT2D eigenvalue weighted by Gasteiger charge is -2.20. The van der Waals surface area contributed by atoms with Crippen molar-refractivity contribution in [3.8, 4) is 0 Å². The Kier molecular flexibility index (Phi) is 5.43. The van der Waals surface area contributed by atoms with E-state index in [1.54, 1.807) is 0 Å². The Labute approximate surface area is 110 Å². The summed E-state index contributed by atoms with van der Waals surface area (Å²) in [6.07, 6.45) is 0. The van der Waals surface area contributed by atoms with E-state index in [0.29, 0.717) is 0 Å². The third-order valence-electron chi connectivity index (χ3n) is 2.42. The van der Waals surface area contributed by atoms with Gasteiger partial charge in [-0.05, 0) is 18.2 Å². The lowest BCUT2D eigenvalue weighted by atomic mass is 10.2. The van der Waals surface area contributed by atoms with Crippen molar-refractivity contribution in [2.45, 2.75) is 4.90 Å². The van der Waals surface area contributed by atoms with Gasteiger partial charge < -0.3 is 15.3 Å². The van der Waals surface area contributed by atoms with Crippen LogP contribution in [0.15, 0.2) is 29.2 Å². The SMILES string of the molecule is O=C(O)c1cccc(S(=O)(=O)N(CCO)CCO)c1. The lowest BCUT2D eigenvalue weighted by Crippen LogP contribution is -2.35. The highest BCUT2D eigenvalue weighted by Crippen LogP contribution is 2.16. The van der Waals surface area contributed by atoms with E-state index in [4.69, 9.17) is 15.3 Å². The van der Waals surface area contributed by atoms with Crippen LogP contribution in [0.1, 0.15) is 10.4 Å². The van der Waals surface area contributed by atoms with Gasteiger partial charge in [-0.25, -0.2) is 13.2 Å². The summed E-state index contributed by atoms with van der Waals surface area (Å²) < 4.78 is 25.3. The molecule has 0 saturated carbocycles. The first-order chi connectivity index (χ1) is 8.93. The molecule has 0 aliphatic rings. The van der Waals surface area contributed by atoms with Crippen LogP contribution in [-0.2, 0) is 10.0 Å². The highest BCUT2D eigenvalue weighted by atomic mass is 32.2. The van der Waals surface area contributed by atoms with Crippen LogP contribution < -0.4 is 0 Å². The van der Waals surface area contributed by atoms with Crippen molar-refractivity contribution in [2.24, 2.45) is 0 Å². The summed E-state index contributed by atoms with van der Waals surface area (Å²) in [4.78, 5) is 10.6. The van der Waals surface area contributed by atoms with E-state index < -0.39 is 29.2 Å². The molecule has 0 atom stereocenters. The van der Waals surface area contributed by atoms with Crippen molar-refractivity contribution in [3.05, 3.63) is 29.8 Å². The molecular formula is C11H15NO6S. The molecule has 1 aromatic rings. The van der Waals surface area contributed by atoms with E-state index in [9.17, 15) is 13.2 Å². The molecule has 0 aliphatic heterocycles. The number of hydrogen-bond acceptors (Lipinski definition) is 5. The van der Waals surface area contributed by atoms with Gasteiger partial charge in [0.25, 0.3) is 0 Å². The maximum Gasteiger partial charge on any atom is 0.335 e. The number of sulfonamides is 1. The monoisotopic (exact) mass is 289 g/mol. The molecule has 0 unspecified atom stereocenters. The van der Waals surface area contributed by atoms with E-state index in [1.807, 2.05) is 0 Å². The zero-order valence-electron chi connectivity index (χ0n) is 10.1. The Morgan fingerprint density at radius 1 is 1.16 bits per heavy atom. The van der Waals surface area contributed by atoms with Gasteiger partial charge in [0, 0.05) is 13.1 Å². The van der Waals surface area contributed by atoms with E-state index in [0.717, 1.165) is 10.4 Å². The van der Waals surface area contributed by atoms with Crippen LogP contribution in [0.25, 0.3) is 0 Å². The van der Waals surface area contributed by atoms with Crippen LogP contribution in [0.5, 0.6) is 0 Å². The number of aliphatic hydroxyl groups excluding tert-OH is 2. The van der Waals surface area contributed by atoms with Crippen LogP contribution in [0.4, 0.5) is 0 Å². The molecule has 0 aliphatic carbocycles. The quantitative estimate of drug-likeness (QED) is 0.615. The molecule has 8 heteroatoms. The normalized spacial score (nSPS) is 11.7. The molecule has 0 amide bonds. The number of benzene rings is 1. The smallest absolute Gasteiger partial charge is 0.335 e. The maximum absolute atomic E-state index is 12.2. The minimum absolute atomic E-state index is 0.144. The van der Waals surface area contributed by atoms with Crippen LogP contribution in [0.2, 0.25) is 0 Å². The van der Waals surface area contributed by atoms with Crippen molar-refractivity contribution in [2.75, 3.05) is 26.3 Å². The molecule has 0 spiro atoms. The molecule has 0 radical (unpaired) electrons. The van der Waals surface area contributed by atoms with Crippen molar-refractivity contribution < 1.29 is 28.5 Å². The zero-order chi connectivity index (χ0) is 14.5. The maximum atomic E-state index is 12.2. The van der Waals surface area contributed by atoms with Gasteiger partial charge in [0.05, 0.1) is 23.7 Å². The van der Waals surface area contributed by atoms with E-state index >= 15 is 0 Å². The fraction of sp³-hybridized carbons (Fsp3) is 0.364. The molecule has 7 nitrogen and oxygen atoms in total. The predicted octanol–water partition coefficient (Wildman–Crippen LogP) is -0.640. The lowest BCUT2D eigenvalue weighted by molar-refractivity contribution is 0.0696. The topological polar surface area (TPSA) is 115 Å². The van der Waals surface area contributed by atoms with Crippen molar-refractivity contribution in [1.82, 2.24) is 4.31 Å². The third kappa shape index (κ3) is 3.74. The number of carboxylic acid groups (broad SMARTS) is 1. The molecule has 0 saturated heterocycles. The Balaban J connectivity index is 3.17. The second-order valence-corrected chi connectivity index (χ2v) is 5.62. The van der Waals surface area contributed by atoms with Crippen molar-refractivity contribution in [3.63, 3.8) is 0 Å². The molecule has 19 heavy (non-hydrogen) atoms. The highest BCUT2D eigenvalue weighted by molar-refractivity contribution is 7.89. The Morgan fingerprint density at radius 3 is 2.21 bits per heavy atom. The first-order valence-electron chi connectivity index (χ1n) is 5.48. The first kappa shape index (κ1) is 15.6. The van der Waals surface area contributed by atoms with E-state index in [1.165, 1.54) is 18.2 Å². The minimum atomic E-state index is -3.93. The average Bonchev–Trinajstić information content (AvgIpc) is 2.38. The molecule has 0 bridgehead atoms. The number of carboxylic acids is 1. The van der Waals surface area contributed by atoms with Gasteiger partial charge in [0.15, 0.2) is 0 Å². The molecular weight excluding hydrogens is 274 g/mol. The molecule has 1 aromatic carbocycles.